The number of rotatable bonds is 1. The minimum Gasteiger partial charge on any atom is -0.306 e. The molecule has 0 bridgehead atoms. The monoisotopic (exact) mass is 195 g/mol. The molecule has 4 heteroatoms. The van der Waals surface area contributed by atoms with Gasteiger partial charge in [0.05, 0.1) is 17.9 Å². The standard InChI is InChI=1S/C10H14FN3/c1-6-9(11)3-12-14(6)10-7-4-13(2)5-8(7)10/h3,7-8,10H,4-5H2,1-2H3. The van der Waals surface area contributed by atoms with E-state index in [0.717, 1.165) is 13.1 Å². The van der Waals surface area contributed by atoms with E-state index in [1.165, 1.54) is 6.20 Å². The molecule has 1 aliphatic carbocycles. The van der Waals surface area contributed by atoms with Gasteiger partial charge in [-0.05, 0) is 14.0 Å². The second kappa shape index (κ2) is 2.57. The lowest BCUT2D eigenvalue weighted by Crippen LogP contribution is -2.21. The van der Waals surface area contributed by atoms with Gasteiger partial charge in [-0.25, -0.2) is 4.39 Å². The SMILES string of the molecule is Cc1c(F)cnn1C1C2CN(C)CC21. The molecule has 3 nitrogen and oxygen atoms in total. The molecule has 2 fully saturated rings. The summed E-state index contributed by atoms with van der Waals surface area (Å²) in [7, 11) is 2.14. The molecule has 2 aliphatic rings. The van der Waals surface area contributed by atoms with Gasteiger partial charge in [-0.2, -0.15) is 5.10 Å². The zero-order valence-electron chi connectivity index (χ0n) is 8.44. The van der Waals surface area contributed by atoms with E-state index in [-0.39, 0.29) is 5.82 Å². The summed E-state index contributed by atoms with van der Waals surface area (Å²) < 4.78 is 15.0. The summed E-state index contributed by atoms with van der Waals surface area (Å²) in [4.78, 5) is 2.33. The maximum atomic E-state index is 13.1. The number of aromatic nitrogens is 2. The number of hydrogen-bond donors (Lipinski definition) is 0. The van der Waals surface area contributed by atoms with Crippen LogP contribution in [0, 0.1) is 24.6 Å². The van der Waals surface area contributed by atoms with Gasteiger partial charge in [-0.3, -0.25) is 4.68 Å². The molecule has 0 radical (unpaired) electrons. The fourth-order valence-corrected chi connectivity index (χ4v) is 2.77. The lowest BCUT2D eigenvalue weighted by Gasteiger charge is -2.13. The zero-order valence-corrected chi connectivity index (χ0v) is 8.44. The van der Waals surface area contributed by atoms with Crippen LogP contribution in [0.5, 0.6) is 0 Å². The Labute approximate surface area is 82.5 Å². The predicted octanol–water partition coefficient (Wildman–Crippen LogP) is 1.06. The fourth-order valence-electron chi connectivity index (χ4n) is 2.77. The van der Waals surface area contributed by atoms with Crippen LogP contribution in [-0.2, 0) is 0 Å². The lowest BCUT2D eigenvalue weighted by molar-refractivity contribution is 0.333. The first-order valence-electron chi connectivity index (χ1n) is 5.06. The Morgan fingerprint density at radius 2 is 2.07 bits per heavy atom. The van der Waals surface area contributed by atoms with Crippen molar-refractivity contribution < 1.29 is 4.39 Å². The molecule has 0 amide bonds. The van der Waals surface area contributed by atoms with Gasteiger partial charge in [0.1, 0.15) is 0 Å². The largest absolute Gasteiger partial charge is 0.306 e. The third kappa shape index (κ3) is 0.974. The van der Waals surface area contributed by atoms with Crippen molar-refractivity contribution in [2.75, 3.05) is 20.1 Å². The van der Waals surface area contributed by atoms with Crippen molar-refractivity contribution in [1.29, 1.82) is 0 Å². The van der Waals surface area contributed by atoms with E-state index in [4.69, 9.17) is 0 Å². The van der Waals surface area contributed by atoms with Crippen LogP contribution in [0.2, 0.25) is 0 Å². The van der Waals surface area contributed by atoms with Crippen molar-refractivity contribution in [3.05, 3.63) is 17.7 Å². The molecule has 2 unspecified atom stereocenters. The molecule has 76 valence electrons. The van der Waals surface area contributed by atoms with Gasteiger partial charge in [-0.15, -0.1) is 0 Å². The van der Waals surface area contributed by atoms with Gasteiger partial charge in [0.25, 0.3) is 0 Å². The van der Waals surface area contributed by atoms with Crippen molar-refractivity contribution >= 4 is 0 Å². The number of fused-ring (bicyclic) bond motifs is 1. The first-order chi connectivity index (χ1) is 6.68. The number of likely N-dealkylation sites (tertiary alicyclic amines) is 1. The van der Waals surface area contributed by atoms with E-state index in [2.05, 4.69) is 17.0 Å². The van der Waals surface area contributed by atoms with Crippen LogP contribution in [0.1, 0.15) is 11.7 Å². The molecule has 14 heavy (non-hydrogen) atoms. The van der Waals surface area contributed by atoms with E-state index < -0.39 is 0 Å². The molecule has 3 rings (SSSR count). The van der Waals surface area contributed by atoms with Crippen molar-refractivity contribution in [2.45, 2.75) is 13.0 Å². The highest BCUT2D eigenvalue weighted by atomic mass is 19.1. The van der Waals surface area contributed by atoms with Crippen LogP contribution in [0.4, 0.5) is 4.39 Å². The summed E-state index contributed by atoms with van der Waals surface area (Å²) in [6, 6.07) is 0.468. The van der Waals surface area contributed by atoms with Crippen LogP contribution in [0.15, 0.2) is 6.20 Å². The molecule has 1 aliphatic heterocycles. The maximum Gasteiger partial charge on any atom is 0.163 e. The number of nitrogens with zero attached hydrogens (tertiary/aromatic N) is 3. The van der Waals surface area contributed by atoms with Crippen LogP contribution in [-0.4, -0.2) is 34.8 Å². The first kappa shape index (κ1) is 8.41. The Balaban J connectivity index is 1.84. The highest BCUT2D eigenvalue weighted by Gasteiger charge is 2.56. The molecule has 2 atom stereocenters. The predicted molar refractivity (Wildman–Crippen MR) is 50.4 cm³/mol. The second-order valence-corrected chi connectivity index (χ2v) is 4.56. The Bertz CT molecular complexity index is 361. The van der Waals surface area contributed by atoms with E-state index in [9.17, 15) is 4.39 Å². The molecule has 1 saturated carbocycles. The van der Waals surface area contributed by atoms with Crippen LogP contribution >= 0.6 is 0 Å². The topological polar surface area (TPSA) is 21.1 Å². The highest BCUT2D eigenvalue weighted by molar-refractivity contribution is 5.13. The Hall–Kier alpha value is -0.900. The van der Waals surface area contributed by atoms with Gasteiger partial charge in [0, 0.05) is 24.9 Å². The number of hydrogen-bond acceptors (Lipinski definition) is 2. The van der Waals surface area contributed by atoms with Gasteiger partial charge in [0.15, 0.2) is 5.82 Å². The average Bonchev–Trinajstić information content (AvgIpc) is 2.52. The zero-order chi connectivity index (χ0) is 9.87. The molecular weight excluding hydrogens is 181 g/mol. The van der Waals surface area contributed by atoms with E-state index in [0.29, 0.717) is 23.6 Å². The van der Waals surface area contributed by atoms with Gasteiger partial charge >= 0.3 is 0 Å². The van der Waals surface area contributed by atoms with Crippen LogP contribution < -0.4 is 0 Å². The molecule has 2 heterocycles. The van der Waals surface area contributed by atoms with Crippen LogP contribution in [0.3, 0.4) is 0 Å². The lowest BCUT2D eigenvalue weighted by atomic mass is 10.4. The number of piperidine rings is 1. The van der Waals surface area contributed by atoms with Gasteiger partial charge in [0.2, 0.25) is 0 Å². The van der Waals surface area contributed by atoms with Gasteiger partial charge < -0.3 is 4.90 Å². The molecule has 0 N–H and O–H groups in total. The van der Waals surface area contributed by atoms with Crippen LogP contribution in [0.25, 0.3) is 0 Å². The van der Waals surface area contributed by atoms with E-state index in [1.54, 1.807) is 6.92 Å². The molecule has 1 saturated heterocycles. The molecule has 1 aromatic rings. The third-order valence-corrected chi connectivity index (χ3v) is 3.60. The first-order valence-corrected chi connectivity index (χ1v) is 5.06. The van der Waals surface area contributed by atoms with E-state index >= 15 is 0 Å². The molecule has 1 aromatic heterocycles. The minimum atomic E-state index is -0.177. The summed E-state index contributed by atoms with van der Waals surface area (Å²) in [6.07, 6.45) is 1.33. The molecule has 0 aromatic carbocycles. The van der Waals surface area contributed by atoms with Crippen molar-refractivity contribution in [3.63, 3.8) is 0 Å². The normalized spacial score (nSPS) is 36.1. The highest BCUT2D eigenvalue weighted by Crippen LogP contribution is 2.54. The molecular formula is C10H14FN3. The van der Waals surface area contributed by atoms with Crippen molar-refractivity contribution in [1.82, 2.24) is 14.7 Å². The summed E-state index contributed by atoms with van der Waals surface area (Å²) >= 11 is 0. The summed E-state index contributed by atoms with van der Waals surface area (Å²) in [5.74, 6) is 1.24. The van der Waals surface area contributed by atoms with Crippen molar-refractivity contribution in [2.24, 2.45) is 11.8 Å². The quantitative estimate of drug-likeness (QED) is 0.668. The Kier molecular flexibility index (Phi) is 1.54. The Morgan fingerprint density at radius 3 is 2.57 bits per heavy atom. The summed E-state index contributed by atoms with van der Waals surface area (Å²) in [5.41, 5.74) is 0.687. The average molecular weight is 195 g/mol. The minimum absolute atomic E-state index is 0.177. The number of halogens is 1. The molecule has 0 spiro atoms. The van der Waals surface area contributed by atoms with E-state index in [1.807, 2.05) is 4.68 Å². The second-order valence-electron chi connectivity index (χ2n) is 4.56. The summed E-state index contributed by atoms with van der Waals surface area (Å²) in [5, 5.41) is 4.11. The Morgan fingerprint density at radius 1 is 1.43 bits per heavy atom. The van der Waals surface area contributed by atoms with Gasteiger partial charge in [-0.1, -0.05) is 0 Å². The fraction of sp³-hybridized carbons (Fsp3) is 0.700. The smallest absolute Gasteiger partial charge is 0.163 e. The third-order valence-electron chi connectivity index (χ3n) is 3.60. The summed E-state index contributed by atoms with van der Waals surface area (Å²) in [6.45, 7) is 4.08. The maximum absolute atomic E-state index is 13.1. The van der Waals surface area contributed by atoms with Crippen molar-refractivity contribution in [3.8, 4) is 0 Å².